The lowest BCUT2D eigenvalue weighted by atomic mass is 10.2. The molecule has 0 unspecified atom stereocenters. The van der Waals surface area contributed by atoms with E-state index in [2.05, 4.69) is 15.9 Å². The zero-order valence-corrected chi connectivity index (χ0v) is 12.8. The number of nitrogen functional groups attached to an aromatic ring is 1. The quantitative estimate of drug-likeness (QED) is 0.674. The number of hydrogen-bond acceptors (Lipinski definition) is 4. The molecule has 0 bridgehead atoms. The molecule has 4 nitrogen and oxygen atoms in total. The van der Waals surface area contributed by atoms with E-state index in [1.807, 2.05) is 0 Å². The Labute approximate surface area is 129 Å². The van der Waals surface area contributed by atoms with Gasteiger partial charge in [-0.15, -0.1) is 0 Å². The third kappa shape index (κ3) is 3.72. The number of methoxy groups -OCH3 is 1. The summed E-state index contributed by atoms with van der Waals surface area (Å²) in [5, 5.41) is 0. The van der Waals surface area contributed by atoms with Crippen molar-refractivity contribution in [2.45, 2.75) is 6.61 Å². The molecule has 0 saturated carbocycles. The standard InChI is InChI=1S/C15H13BrFNO3/c1-20-14-5-4-11(18)7-12(14)15(19)21-8-9-2-3-10(16)6-13(9)17/h2-7H,8,18H2,1H3. The third-order valence-corrected chi connectivity index (χ3v) is 3.31. The van der Waals surface area contributed by atoms with Crippen LogP contribution >= 0.6 is 15.9 Å². The lowest BCUT2D eigenvalue weighted by Gasteiger charge is -2.10. The van der Waals surface area contributed by atoms with Crippen molar-refractivity contribution in [2.75, 3.05) is 12.8 Å². The average Bonchev–Trinajstić information content (AvgIpc) is 2.46. The molecule has 0 radical (unpaired) electrons. The average molecular weight is 354 g/mol. The first kappa shape index (κ1) is 15.3. The van der Waals surface area contributed by atoms with E-state index in [1.165, 1.54) is 19.2 Å². The minimum absolute atomic E-state index is 0.171. The largest absolute Gasteiger partial charge is 0.496 e. The molecule has 0 spiro atoms. The van der Waals surface area contributed by atoms with Crippen LogP contribution in [0.25, 0.3) is 0 Å². The van der Waals surface area contributed by atoms with Crippen molar-refractivity contribution in [1.29, 1.82) is 0 Å². The first-order chi connectivity index (χ1) is 10.0. The molecule has 2 rings (SSSR count). The molecule has 0 heterocycles. The van der Waals surface area contributed by atoms with Crippen LogP contribution in [-0.4, -0.2) is 13.1 Å². The normalized spacial score (nSPS) is 10.2. The Kier molecular flexibility index (Phi) is 4.80. The summed E-state index contributed by atoms with van der Waals surface area (Å²) in [5.74, 6) is -0.719. The van der Waals surface area contributed by atoms with Gasteiger partial charge in [0.25, 0.3) is 0 Å². The molecule has 2 N–H and O–H groups in total. The highest BCUT2D eigenvalue weighted by Crippen LogP contribution is 2.23. The summed E-state index contributed by atoms with van der Waals surface area (Å²) in [4.78, 5) is 12.0. The second-order valence-corrected chi connectivity index (χ2v) is 5.19. The van der Waals surface area contributed by atoms with Gasteiger partial charge in [-0.25, -0.2) is 9.18 Å². The van der Waals surface area contributed by atoms with E-state index in [0.29, 0.717) is 15.9 Å². The highest BCUT2D eigenvalue weighted by atomic mass is 79.9. The van der Waals surface area contributed by atoms with E-state index in [1.54, 1.807) is 24.3 Å². The van der Waals surface area contributed by atoms with Gasteiger partial charge in [-0.1, -0.05) is 22.0 Å². The highest BCUT2D eigenvalue weighted by molar-refractivity contribution is 9.10. The number of benzene rings is 2. The fourth-order valence-corrected chi connectivity index (χ4v) is 2.08. The molecular formula is C15H13BrFNO3. The Morgan fingerprint density at radius 2 is 2.05 bits per heavy atom. The van der Waals surface area contributed by atoms with Gasteiger partial charge in [0.1, 0.15) is 23.7 Å². The molecule has 0 aliphatic rings. The maximum Gasteiger partial charge on any atom is 0.342 e. The number of anilines is 1. The number of nitrogens with two attached hydrogens (primary N) is 1. The lowest BCUT2D eigenvalue weighted by Crippen LogP contribution is -2.08. The second kappa shape index (κ2) is 6.58. The van der Waals surface area contributed by atoms with E-state index in [0.717, 1.165) is 0 Å². The van der Waals surface area contributed by atoms with E-state index < -0.39 is 11.8 Å². The van der Waals surface area contributed by atoms with Crippen LogP contribution in [0.15, 0.2) is 40.9 Å². The molecule has 2 aromatic carbocycles. The summed E-state index contributed by atoms with van der Waals surface area (Å²) in [7, 11) is 1.44. The number of rotatable bonds is 4. The molecule has 6 heteroatoms. The van der Waals surface area contributed by atoms with Crippen molar-refractivity contribution >= 4 is 27.6 Å². The van der Waals surface area contributed by atoms with Crippen molar-refractivity contribution < 1.29 is 18.7 Å². The molecule has 0 aliphatic carbocycles. The predicted octanol–water partition coefficient (Wildman–Crippen LogP) is 3.54. The summed E-state index contributed by atoms with van der Waals surface area (Å²) in [5.41, 5.74) is 6.54. The van der Waals surface area contributed by atoms with Crippen molar-refractivity contribution in [3.8, 4) is 5.75 Å². The van der Waals surface area contributed by atoms with E-state index in [9.17, 15) is 9.18 Å². The Hall–Kier alpha value is -2.08. The number of hydrogen-bond donors (Lipinski definition) is 1. The molecule has 0 atom stereocenters. The zero-order valence-electron chi connectivity index (χ0n) is 11.2. The monoisotopic (exact) mass is 353 g/mol. The van der Waals surface area contributed by atoms with Gasteiger partial charge in [0.2, 0.25) is 0 Å². The molecular weight excluding hydrogens is 341 g/mol. The number of carbonyl (C=O) groups is 1. The molecule has 0 aliphatic heterocycles. The molecule has 0 aromatic heterocycles. The maximum absolute atomic E-state index is 13.6. The van der Waals surface area contributed by atoms with Gasteiger partial charge in [0.05, 0.1) is 7.11 Å². The number of ether oxygens (including phenoxy) is 2. The molecule has 0 amide bonds. The second-order valence-electron chi connectivity index (χ2n) is 4.27. The minimum Gasteiger partial charge on any atom is -0.496 e. The predicted molar refractivity (Wildman–Crippen MR) is 80.6 cm³/mol. The number of carbonyl (C=O) groups excluding carboxylic acids is 1. The van der Waals surface area contributed by atoms with Crippen LogP contribution in [0.5, 0.6) is 5.75 Å². The summed E-state index contributed by atoms with van der Waals surface area (Å²) in [6.07, 6.45) is 0. The van der Waals surface area contributed by atoms with Crippen LogP contribution in [0, 0.1) is 5.82 Å². The van der Waals surface area contributed by atoms with Crippen molar-refractivity contribution in [3.63, 3.8) is 0 Å². The minimum atomic E-state index is -0.624. The van der Waals surface area contributed by atoms with Gasteiger partial charge in [-0.05, 0) is 30.3 Å². The van der Waals surface area contributed by atoms with Crippen LogP contribution in [-0.2, 0) is 11.3 Å². The topological polar surface area (TPSA) is 61.5 Å². The van der Waals surface area contributed by atoms with Crippen LogP contribution in [0.1, 0.15) is 15.9 Å². The lowest BCUT2D eigenvalue weighted by molar-refractivity contribution is 0.0465. The molecule has 21 heavy (non-hydrogen) atoms. The first-order valence-electron chi connectivity index (χ1n) is 6.06. The smallest absolute Gasteiger partial charge is 0.342 e. The van der Waals surface area contributed by atoms with E-state index in [4.69, 9.17) is 15.2 Å². The summed E-state index contributed by atoms with van der Waals surface area (Å²) >= 11 is 3.16. The zero-order chi connectivity index (χ0) is 15.4. The Morgan fingerprint density at radius 1 is 1.29 bits per heavy atom. The van der Waals surface area contributed by atoms with Gasteiger partial charge >= 0.3 is 5.97 Å². The fraction of sp³-hybridized carbons (Fsp3) is 0.133. The fourth-order valence-electron chi connectivity index (χ4n) is 1.74. The maximum atomic E-state index is 13.6. The Balaban J connectivity index is 2.13. The summed E-state index contributed by atoms with van der Waals surface area (Å²) in [6.45, 7) is -0.171. The van der Waals surface area contributed by atoms with Crippen LogP contribution in [0.3, 0.4) is 0 Å². The summed E-state index contributed by atoms with van der Waals surface area (Å²) in [6, 6.07) is 9.18. The van der Waals surface area contributed by atoms with Gasteiger partial charge in [0.15, 0.2) is 0 Å². The highest BCUT2D eigenvalue weighted by Gasteiger charge is 2.15. The van der Waals surface area contributed by atoms with Crippen molar-refractivity contribution in [2.24, 2.45) is 0 Å². The molecule has 0 fully saturated rings. The van der Waals surface area contributed by atoms with Crippen LogP contribution in [0.4, 0.5) is 10.1 Å². The van der Waals surface area contributed by atoms with Crippen LogP contribution in [0.2, 0.25) is 0 Å². The molecule has 0 saturated heterocycles. The molecule has 110 valence electrons. The van der Waals surface area contributed by atoms with E-state index >= 15 is 0 Å². The van der Waals surface area contributed by atoms with Gasteiger partial charge in [0, 0.05) is 15.7 Å². The van der Waals surface area contributed by atoms with Gasteiger partial charge in [-0.3, -0.25) is 0 Å². The number of halogens is 2. The Morgan fingerprint density at radius 3 is 2.71 bits per heavy atom. The SMILES string of the molecule is COc1ccc(N)cc1C(=O)OCc1ccc(Br)cc1F. The van der Waals surface area contributed by atoms with Crippen LogP contribution < -0.4 is 10.5 Å². The third-order valence-electron chi connectivity index (χ3n) is 2.82. The van der Waals surface area contributed by atoms with Gasteiger partial charge < -0.3 is 15.2 Å². The van der Waals surface area contributed by atoms with Crippen molar-refractivity contribution in [3.05, 3.63) is 57.8 Å². The number of esters is 1. The van der Waals surface area contributed by atoms with Crippen molar-refractivity contribution in [1.82, 2.24) is 0 Å². The Bertz CT molecular complexity index is 676. The molecule has 2 aromatic rings. The van der Waals surface area contributed by atoms with E-state index in [-0.39, 0.29) is 17.7 Å². The summed E-state index contributed by atoms with van der Waals surface area (Å²) < 4.78 is 24.4. The van der Waals surface area contributed by atoms with Gasteiger partial charge in [-0.2, -0.15) is 0 Å². The first-order valence-corrected chi connectivity index (χ1v) is 6.85.